The van der Waals surface area contributed by atoms with Crippen LogP contribution in [0.25, 0.3) is 5.69 Å². The molecule has 3 rings (SSSR count). The van der Waals surface area contributed by atoms with Gasteiger partial charge in [-0.15, -0.1) is 0 Å². The number of aromatic nitrogens is 1. The highest BCUT2D eigenvalue weighted by molar-refractivity contribution is 6.00. The number of ether oxygens (including phenoxy) is 2. The van der Waals surface area contributed by atoms with Crippen LogP contribution >= 0.6 is 0 Å². The van der Waals surface area contributed by atoms with Gasteiger partial charge in [-0.1, -0.05) is 6.07 Å². The summed E-state index contributed by atoms with van der Waals surface area (Å²) in [6.45, 7) is 0.308. The molecule has 168 valence electrons. The zero-order chi connectivity index (χ0) is 23.4. The number of hydrogen-bond acceptors (Lipinski definition) is 5. The summed E-state index contributed by atoms with van der Waals surface area (Å²) >= 11 is 0. The number of carbonyl (C=O) groups is 2. The summed E-state index contributed by atoms with van der Waals surface area (Å²) in [6.07, 6.45) is 0. The summed E-state index contributed by atoms with van der Waals surface area (Å²) in [4.78, 5) is 27.0. The quantitative estimate of drug-likeness (QED) is 0.370. The second-order valence-electron chi connectivity index (χ2n) is 7.44. The van der Waals surface area contributed by atoms with Crippen molar-refractivity contribution in [2.75, 3.05) is 25.6 Å². The van der Waals surface area contributed by atoms with Gasteiger partial charge in [0.1, 0.15) is 5.75 Å². The molecule has 0 aliphatic rings. The lowest BCUT2D eigenvalue weighted by Crippen LogP contribution is -2.16. The van der Waals surface area contributed by atoms with Crippen LogP contribution in [-0.2, 0) is 4.74 Å². The maximum Gasteiger partial charge on any atom is 0.387 e. The van der Waals surface area contributed by atoms with Gasteiger partial charge in [-0.2, -0.15) is 8.78 Å². The Morgan fingerprint density at radius 1 is 1.03 bits per heavy atom. The predicted octanol–water partition coefficient (Wildman–Crippen LogP) is 4.80. The van der Waals surface area contributed by atoms with Gasteiger partial charge < -0.3 is 18.9 Å². The maximum atomic E-state index is 12.7. The zero-order valence-corrected chi connectivity index (χ0v) is 18.3. The molecule has 1 heterocycles. The van der Waals surface area contributed by atoms with Gasteiger partial charge in [0.05, 0.1) is 5.56 Å². The van der Waals surface area contributed by atoms with E-state index in [0.717, 1.165) is 11.4 Å². The predicted molar refractivity (Wildman–Crippen MR) is 117 cm³/mol. The number of rotatable bonds is 8. The first-order valence-electron chi connectivity index (χ1n) is 9.89. The third-order valence-corrected chi connectivity index (χ3v) is 4.98. The second-order valence-corrected chi connectivity index (χ2v) is 7.44. The lowest BCUT2D eigenvalue weighted by molar-refractivity contribution is -0.0498. The standard InChI is InChI=1S/C24H24F2N2O4/c1-15-12-21(16(2)28(15)18-8-10-20(11-9-18)32-24(25)26)22(29)14-31-23(30)17-6-5-7-19(13-17)27(3)4/h5-13,24H,14H2,1-4H3. The van der Waals surface area contributed by atoms with Gasteiger partial charge in [0.15, 0.2) is 6.61 Å². The van der Waals surface area contributed by atoms with E-state index in [0.29, 0.717) is 22.5 Å². The van der Waals surface area contributed by atoms with E-state index in [1.54, 1.807) is 43.3 Å². The Bertz CT molecular complexity index is 1120. The van der Waals surface area contributed by atoms with Gasteiger partial charge in [0, 0.05) is 42.4 Å². The molecule has 0 unspecified atom stereocenters. The zero-order valence-electron chi connectivity index (χ0n) is 18.3. The van der Waals surface area contributed by atoms with Crippen molar-refractivity contribution in [3.63, 3.8) is 0 Å². The molecule has 0 aliphatic heterocycles. The summed E-state index contributed by atoms with van der Waals surface area (Å²) in [5.74, 6) is -0.864. The van der Waals surface area contributed by atoms with Gasteiger partial charge >= 0.3 is 12.6 Å². The fraction of sp³-hybridized carbons (Fsp3) is 0.250. The molecule has 1 aromatic heterocycles. The lowest BCUT2D eigenvalue weighted by Gasteiger charge is -2.13. The minimum Gasteiger partial charge on any atom is -0.454 e. The Morgan fingerprint density at radius 3 is 2.34 bits per heavy atom. The van der Waals surface area contributed by atoms with Crippen molar-refractivity contribution >= 4 is 17.4 Å². The van der Waals surface area contributed by atoms with Crippen LogP contribution in [0.5, 0.6) is 5.75 Å². The number of carbonyl (C=O) groups excluding carboxylic acids is 2. The van der Waals surface area contributed by atoms with Crippen LogP contribution in [-0.4, -0.2) is 43.6 Å². The first-order chi connectivity index (χ1) is 15.2. The molecule has 0 saturated heterocycles. The fourth-order valence-corrected chi connectivity index (χ4v) is 3.42. The number of nitrogens with zero attached hydrogens (tertiary/aromatic N) is 2. The van der Waals surface area contributed by atoms with Crippen LogP contribution in [0.2, 0.25) is 0 Å². The molecule has 32 heavy (non-hydrogen) atoms. The Morgan fingerprint density at radius 2 is 1.72 bits per heavy atom. The van der Waals surface area contributed by atoms with E-state index >= 15 is 0 Å². The molecule has 0 bridgehead atoms. The highest BCUT2D eigenvalue weighted by Crippen LogP contribution is 2.24. The van der Waals surface area contributed by atoms with Crippen molar-refractivity contribution in [1.82, 2.24) is 4.57 Å². The number of ketones is 1. The van der Waals surface area contributed by atoms with Crippen LogP contribution < -0.4 is 9.64 Å². The Kier molecular flexibility index (Phi) is 6.92. The first kappa shape index (κ1) is 23.0. The molecular weight excluding hydrogens is 418 g/mol. The van der Waals surface area contributed by atoms with Gasteiger partial charge in [0.2, 0.25) is 5.78 Å². The average molecular weight is 442 g/mol. The minimum absolute atomic E-state index is 0.0489. The Hall–Kier alpha value is -3.68. The summed E-state index contributed by atoms with van der Waals surface area (Å²) in [7, 11) is 3.73. The van der Waals surface area contributed by atoms with Crippen LogP contribution in [0.15, 0.2) is 54.6 Å². The number of Topliss-reactive ketones (excluding diaryl/α,β-unsaturated/α-hetero) is 1. The molecular formula is C24H24F2N2O4. The molecule has 0 aliphatic carbocycles. The van der Waals surface area contributed by atoms with E-state index in [9.17, 15) is 18.4 Å². The summed E-state index contributed by atoms with van der Waals surface area (Å²) in [6, 6.07) is 14.8. The SMILES string of the molecule is Cc1cc(C(=O)COC(=O)c2cccc(N(C)C)c2)c(C)n1-c1ccc(OC(F)F)cc1. The average Bonchev–Trinajstić information content (AvgIpc) is 3.06. The van der Waals surface area contributed by atoms with E-state index in [1.807, 2.05) is 36.6 Å². The van der Waals surface area contributed by atoms with Gasteiger partial charge in [0.25, 0.3) is 0 Å². The summed E-state index contributed by atoms with van der Waals surface area (Å²) in [5, 5.41) is 0. The molecule has 0 fully saturated rings. The smallest absolute Gasteiger partial charge is 0.387 e. The number of hydrogen-bond donors (Lipinski definition) is 0. The number of esters is 1. The van der Waals surface area contributed by atoms with Gasteiger partial charge in [-0.25, -0.2) is 4.79 Å². The van der Waals surface area contributed by atoms with Crippen molar-refractivity contribution in [1.29, 1.82) is 0 Å². The number of alkyl halides is 2. The number of benzene rings is 2. The van der Waals surface area contributed by atoms with Crippen molar-refractivity contribution in [2.45, 2.75) is 20.5 Å². The molecule has 0 saturated carbocycles. The highest BCUT2D eigenvalue weighted by atomic mass is 19.3. The van der Waals surface area contributed by atoms with E-state index in [4.69, 9.17) is 4.74 Å². The highest BCUT2D eigenvalue weighted by Gasteiger charge is 2.19. The van der Waals surface area contributed by atoms with Crippen molar-refractivity contribution in [3.05, 3.63) is 77.1 Å². The first-order valence-corrected chi connectivity index (χ1v) is 9.89. The molecule has 0 radical (unpaired) electrons. The molecule has 2 aromatic carbocycles. The van der Waals surface area contributed by atoms with Crippen LogP contribution in [0.4, 0.5) is 14.5 Å². The van der Waals surface area contributed by atoms with E-state index in [-0.39, 0.29) is 11.5 Å². The molecule has 0 N–H and O–H groups in total. The molecule has 0 amide bonds. The summed E-state index contributed by atoms with van der Waals surface area (Å²) in [5.41, 5.74) is 3.75. The number of aryl methyl sites for hydroxylation is 1. The lowest BCUT2D eigenvalue weighted by atomic mass is 10.1. The van der Waals surface area contributed by atoms with Crippen molar-refractivity contribution in [3.8, 4) is 11.4 Å². The largest absolute Gasteiger partial charge is 0.454 e. The molecule has 3 aromatic rings. The molecule has 0 spiro atoms. The number of anilines is 1. The van der Waals surface area contributed by atoms with Crippen LogP contribution in [0.1, 0.15) is 32.1 Å². The third kappa shape index (κ3) is 5.14. The Balaban J connectivity index is 1.73. The molecule has 8 heteroatoms. The third-order valence-electron chi connectivity index (χ3n) is 4.98. The molecule has 6 nitrogen and oxygen atoms in total. The van der Waals surface area contributed by atoms with Crippen molar-refractivity contribution in [2.24, 2.45) is 0 Å². The maximum absolute atomic E-state index is 12.7. The second kappa shape index (κ2) is 9.64. The van der Waals surface area contributed by atoms with Crippen molar-refractivity contribution < 1.29 is 27.8 Å². The van der Waals surface area contributed by atoms with E-state index in [2.05, 4.69) is 4.74 Å². The van der Waals surface area contributed by atoms with Crippen LogP contribution in [0.3, 0.4) is 0 Å². The van der Waals surface area contributed by atoms with Crippen LogP contribution in [0, 0.1) is 13.8 Å². The topological polar surface area (TPSA) is 60.8 Å². The van der Waals surface area contributed by atoms with E-state index < -0.39 is 19.2 Å². The minimum atomic E-state index is -2.90. The van der Waals surface area contributed by atoms with Gasteiger partial charge in [-0.05, 0) is 62.4 Å². The normalized spacial score (nSPS) is 10.8. The number of halogens is 2. The summed E-state index contributed by atoms with van der Waals surface area (Å²) < 4.78 is 36.1. The van der Waals surface area contributed by atoms with Gasteiger partial charge in [-0.3, -0.25) is 4.79 Å². The fourth-order valence-electron chi connectivity index (χ4n) is 3.42. The van der Waals surface area contributed by atoms with E-state index in [1.165, 1.54) is 12.1 Å². The molecule has 0 atom stereocenters. The Labute approximate surface area is 185 Å². The monoisotopic (exact) mass is 442 g/mol.